The number of amides is 1. The molecule has 2 bridgehead atoms. The van der Waals surface area contributed by atoms with Gasteiger partial charge >= 0.3 is 12.1 Å². The maximum absolute atomic E-state index is 17.8. The van der Waals surface area contributed by atoms with Gasteiger partial charge in [0, 0.05) is 37.0 Å². The molecule has 1 N–H and O–H groups in total. The smallest absolute Gasteiger partial charge is 0.407 e. The normalized spacial score (nSPS) is 26.1. The summed E-state index contributed by atoms with van der Waals surface area (Å²) in [6.07, 6.45) is -0.418. The molecule has 9 rings (SSSR count). The summed E-state index contributed by atoms with van der Waals surface area (Å²) in [6, 6.07) is 7.10. The lowest BCUT2D eigenvalue weighted by Gasteiger charge is -2.47. The minimum Gasteiger partial charge on any atom is -0.472 e. The number of piperazine rings is 1. The first kappa shape index (κ1) is 40.5. The number of rotatable bonds is 7. The molecule has 10 nitrogen and oxygen atoms in total. The molecule has 316 valence electrons. The summed E-state index contributed by atoms with van der Waals surface area (Å²) in [5, 5.41) is 11.6. The maximum Gasteiger partial charge on any atom is 0.407 e. The molecule has 0 spiro atoms. The second-order valence-electron chi connectivity index (χ2n) is 18.5. The number of halogens is 3. The molecule has 2 aromatic carbocycles. The fourth-order valence-electron chi connectivity index (χ4n) is 11.8. The number of aromatic nitrogens is 3. The molecular weight excluding hydrogens is 786 g/mol. The van der Waals surface area contributed by atoms with Gasteiger partial charge in [0.05, 0.1) is 29.2 Å². The summed E-state index contributed by atoms with van der Waals surface area (Å²) in [7, 11) is -2.31. The summed E-state index contributed by atoms with van der Waals surface area (Å²) in [5.41, 5.74) is 5.03. The van der Waals surface area contributed by atoms with E-state index in [0.29, 0.717) is 71.1 Å². The Balaban J connectivity index is 1.25. The fraction of sp³-hybridized carbons (Fsp3) is 0.522. The Hall–Kier alpha value is -4.87. The van der Waals surface area contributed by atoms with Crippen molar-refractivity contribution < 1.29 is 32.5 Å². The molecule has 4 aromatic rings. The van der Waals surface area contributed by atoms with Gasteiger partial charge in [-0.3, -0.25) is 9.80 Å². The van der Waals surface area contributed by atoms with E-state index >= 15 is 8.78 Å². The monoisotopic (exact) mass is 838 g/mol. The van der Waals surface area contributed by atoms with Gasteiger partial charge in [-0.25, -0.2) is 22.9 Å². The molecule has 0 radical (unpaired) electrons. The van der Waals surface area contributed by atoms with Crippen LogP contribution in [0, 0.1) is 23.1 Å². The highest BCUT2D eigenvalue weighted by atomic mass is 28.3. The van der Waals surface area contributed by atoms with E-state index in [1.54, 1.807) is 18.2 Å². The summed E-state index contributed by atoms with van der Waals surface area (Å²) < 4.78 is 62.1. The number of hydrogen-bond acceptors (Lipinski definition) is 8. The van der Waals surface area contributed by atoms with E-state index in [1.165, 1.54) is 11.0 Å². The van der Waals surface area contributed by atoms with Crippen LogP contribution in [0.3, 0.4) is 0 Å². The lowest BCUT2D eigenvalue weighted by molar-refractivity contribution is 0.0706. The molecule has 60 heavy (non-hydrogen) atoms. The van der Waals surface area contributed by atoms with Crippen molar-refractivity contribution in [2.75, 3.05) is 31.1 Å². The van der Waals surface area contributed by atoms with Gasteiger partial charge in [-0.1, -0.05) is 83.9 Å². The van der Waals surface area contributed by atoms with E-state index in [-0.39, 0.29) is 59.7 Å². The highest BCUT2D eigenvalue weighted by Gasteiger charge is 2.54. The SMILES string of the molecule is C=C1CCN2C[C@H](F)C[C@]12COc1nc2c3c(nc(-c4cccc5ccc(F)c(C#C[Si](C(C)C)(C(C)C)C(C)C)c45)c(F)c3n1)OC(C)C1C3CCC(CN21)N3C(=O)O. The van der Waals surface area contributed by atoms with Crippen molar-refractivity contribution in [1.82, 2.24) is 24.8 Å². The molecule has 14 heteroatoms. The maximum atomic E-state index is 17.8. The van der Waals surface area contributed by atoms with Crippen LogP contribution in [0.4, 0.5) is 23.8 Å². The van der Waals surface area contributed by atoms with Gasteiger partial charge in [0.2, 0.25) is 5.88 Å². The first-order valence-corrected chi connectivity index (χ1v) is 23.6. The molecular formula is C46H53F3N6O4Si. The lowest BCUT2D eigenvalue weighted by Crippen LogP contribution is -2.64. The minimum absolute atomic E-state index is 0.0244. The van der Waals surface area contributed by atoms with Crippen molar-refractivity contribution in [3.63, 3.8) is 0 Å². The van der Waals surface area contributed by atoms with Gasteiger partial charge in [0.1, 0.15) is 55.2 Å². The van der Waals surface area contributed by atoms with E-state index < -0.39 is 55.7 Å². The highest BCUT2D eigenvalue weighted by Crippen LogP contribution is 2.48. The van der Waals surface area contributed by atoms with Gasteiger partial charge in [-0.05, 0) is 54.3 Å². The van der Waals surface area contributed by atoms with E-state index in [9.17, 15) is 14.3 Å². The third-order valence-electron chi connectivity index (χ3n) is 14.6. The minimum atomic E-state index is -2.31. The summed E-state index contributed by atoms with van der Waals surface area (Å²) in [5.74, 6) is 2.46. The van der Waals surface area contributed by atoms with Crippen molar-refractivity contribution in [1.29, 1.82) is 0 Å². The number of carbonyl (C=O) groups is 1. The van der Waals surface area contributed by atoms with Gasteiger partial charge in [-0.2, -0.15) is 9.97 Å². The van der Waals surface area contributed by atoms with Crippen LogP contribution >= 0.6 is 0 Å². The molecule has 7 heterocycles. The molecule has 2 aromatic heterocycles. The largest absolute Gasteiger partial charge is 0.472 e. The standard InChI is InChI=1S/C46H53F3N6O4Si/c1-24(2)60(25(3)4,26(5)6)19-17-32-34(48)14-12-29-10-9-11-33(36(29)32)39-38(49)40-37-42(52-44(51-40)58-23-46-20-30(47)21-53(46)18-16-27(46)7)54-22-31-13-15-35(55(31)45(56)57)41(54)28(8)59-43(37)50-39/h9-12,14,24-26,28,30-31,35,41H,7,13,15-16,18,20-23H2,1-6,8H3,(H,56,57)/t28?,30-,31?,35?,41?,46+/m1/s1. The number of anilines is 1. The Kier molecular flexibility index (Phi) is 9.89. The van der Waals surface area contributed by atoms with Crippen LogP contribution in [-0.4, -0.2) is 106 Å². The summed E-state index contributed by atoms with van der Waals surface area (Å²) >= 11 is 0. The van der Waals surface area contributed by atoms with Gasteiger partial charge in [0.25, 0.3) is 0 Å². The lowest BCUT2D eigenvalue weighted by atomic mass is 9.90. The van der Waals surface area contributed by atoms with Crippen molar-refractivity contribution in [2.24, 2.45) is 0 Å². The Morgan fingerprint density at radius 3 is 2.52 bits per heavy atom. The van der Waals surface area contributed by atoms with Gasteiger partial charge in [0.15, 0.2) is 5.82 Å². The first-order chi connectivity index (χ1) is 28.6. The summed E-state index contributed by atoms with van der Waals surface area (Å²) in [4.78, 5) is 32.7. The average molecular weight is 839 g/mol. The number of alkyl halides is 1. The fourth-order valence-corrected chi connectivity index (χ4v) is 17.0. The zero-order chi connectivity index (χ0) is 42.6. The number of benzene rings is 2. The topological polar surface area (TPSA) is 104 Å². The van der Waals surface area contributed by atoms with Gasteiger partial charge < -0.3 is 19.5 Å². The first-order valence-electron chi connectivity index (χ1n) is 21.4. The Morgan fingerprint density at radius 2 is 1.80 bits per heavy atom. The zero-order valence-electron chi connectivity index (χ0n) is 35.4. The molecule has 6 atom stereocenters. The van der Waals surface area contributed by atoms with Crippen molar-refractivity contribution in [2.45, 2.75) is 127 Å². The zero-order valence-corrected chi connectivity index (χ0v) is 36.4. The molecule has 1 amide bonds. The van der Waals surface area contributed by atoms with Crippen molar-refractivity contribution in [3.05, 3.63) is 59.7 Å². The van der Waals surface area contributed by atoms with Crippen LogP contribution < -0.4 is 14.4 Å². The number of carboxylic acid groups (broad SMARTS) is 1. The van der Waals surface area contributed by atoms with Crippen LogP contribution in [0.5, 0.6) is 11.9 Å². The molecule has 4 fully saturated rings. The van der Waals surface area contributed by atoms with Crippen LogP contribution in [-0.2, 0) is 0 Å². The molecule has 5 aliphatic rings. The number of fused-ring (bicyclic) bond motifs is 7. The van der Waals surface area contributed by atoms with Crippen LogP contribution in [0.25, 0.3) is 32.9 Å². The molecule has 0 saturated carbocycles. The molecule has 5 aliphatic heterocycles. The van der Waals surface area contributed by atoms with Crippen LogP contribution in [0.1, 0.15) is 79.7 Å². The van der Waals surface area contributed by atoms with E-state index in [0.717, 1.165) is 5.57 Å². The quantitative estimate of drug-likeness (QED) is 0.111. The van der Waals surface area contributed by atoms with E-state index in [4.69, 9.17) is 24.4 Å². The van der Waals surface area contributed by atoms with E-state index in [2.05, 4.69) is 64.5 Å². The summed E-state index contributed by atoms with van der Waals surface area (Å²) in [6.45, 7) is 20.6. The third-order valence-corrected chi connectivity index (χ3v) is 20.9. The number of pyridine rings is 1. The molecule has 4 unspecified atom stereocenters. The second kappa shape index (κ2) is 14.6. The van der Waals surface area contributed by atoms with Crippen molar-refractivity contribution >= 4 is 41.7 Å². The predicted molar refractivity (Wildman–Crippen MR) is 229 cm³/mol. The number of ether oxygens (including phenoxy) is 2. The molecule has 4 saturated heterocycles. The van der Waals surface area contributed by atoms with Crippen LogP contribution in [0.15, 0.2) is 42.5 Å². The third kappa shape index (κ3) is 6.00. The van der Waals surface area contributed by atoms with E-state index in [1.807, 2.05) is 17.9 Å². The molecule has 0 aliphatic carbocycles. The average Bonchev–Trinajstić information content (AvgIpc) is 3.78. The predicted octanol–water partition coefficient (Wildman–Crippen LogP) is 9.29. The number of hydrogen-bond donors (Lipinski definition) is 1. The number of nitrogens with zero attached hydrogens (tertiary/aromatic N) is 6. The van der Waals surface area contributed by atoms with Gasteiger partial charge in [-0.15, -0.1) is 5.54 Å². The Morgan fingerprint density at radius 1 is 1.05 bits per heavy atom. The van der Waals surface area contributed by atoms with Crippen molar-refractivity contribution in [3.8, 4) is 34.6 Å². The highest BCUT2D eigenvalue weighted by molar-refractivity contribution is 6.90. The van der Waals surface area contributed by atoms with Crippen LogP contribution in [0.2, 0.25) is 16.6 Å². The Bertz CT molecular complexity index is 2490. The Labute approximate surface area is 350 Å². The second-order valence-corrected chi connectivity index (χ2v) is 24.1.